The van der Waals surface area contributed by atoms with Gasteiger partial charge in [-0.1, -0.05) is 6.07 Å². The SMILES string of the molecule is N#Cc1nc(C=Cc2cccs2)oc1NCCCN1CCOCC1. The summed E-state index contributed by atoms with van der Waals surface area (Å²) in [6, 6.07) is 6.08. The van der Waals surface area contributed by atoms with E-state index in [4.69, 9.17) is 9.15 Å². The molecular formula is C17H20N4O2S. The van der Waals surface area contributed by atoms with Gasteiger partial charge in [-0.15, -0.1) is 11.3 Å². The van der Waals surface area contributed by atoms with Gasteiger partial charge < -0.3 is 14.5 Å². The van der Waals surface area contributed by atoms with Crippen molar-refractivity contribution in [2.45, 2.75) is 6.42 Å². The number of anilines is 1. The van der Waals surface area contributed by atoms with E-state index >= 15 is 0 Å². The van der Waals surface area contributed by atoms with Crippen molar-refractivity contribution in [2.75, 3.05) is 44.7 Å². The first kappa shape index (κ1) is 16.7. The van der Waals surface area contributed by atoms with Crippen molar-refractivity contribution in [3.63, 3.8) is 0 Å². The minimum atomic E-state index is 0.298. The van der Waals surface area contributed by atoms with Crippen molar-refractivity contribution in [1.82, 2.24) is 9.88 Å². The Kier molecular flexibility index (Phi) is 6.01. The Morgan fingerprint density at radius 2 is 2.25 bits per heavy atom. The van der Waals surface area contributed by atoms with Crippen LogP contribution in [0, 0.1) is 11.3 Å². The maximum absolute atomic E-state index is 9.19. The number of ether oxygens (including phenoxy) is 1. The van der Waals surface area contributed by atoms with Crippen LogP contribution in [-0.2, 0) is 4.74 Å². The Hall–Kier alpha value is -2.14. The fourth-order valence-electron chi connectivity index (χ4n) is 2.47. The van der Waals surface area contributed by atoms with Crippen LogP contribution in [0.5, 0.6) is 0 Å². The standard InChI is InChI=1S/C17H20N4O2S/c18-13-15-17(19-6-2-7-21-8-10-22-11-9-21)23-16(20-15)5-4-14-3-1-12-24-14/h1,3-5,12,19H,2,6-11H2. The Labute approximate surface area is 145 Å². The average Bonchev–Trinajstić information content (AvgIpc) is 3.27. The van der Waals surface area contributed by atoms with Gasteiger partial charge in [0.2, 0.25) is 17.5 Å². The molecular weight excluding hydrogens is 324 g/mol. The van der Waals surface area contributed by atoms with E-state index in [1.165, 1.54) is 0 Å². The lowest BCUT2D eigenvalue weighted by Crippen LogP contribution is -2.37. The number of thiophene rings is 1. The molecule has 126 valence electrons. The molecule has 1 N–H and O–H groups in total. The van der Waals surface area contributed by atoms with Crippen molar-refractivity contribution in [3.8, 4) is 6.07 Å². The van der Waals surface area contributed by atoms with Crippen LogP contribution >= 0.6 is 11.3 Å². The van der Waals surface area contributed by atoms with Gasteiger partial charge in [-0.2, -0.15) is 10.2 Å². The van der Waals surface area contributed by atoms with E-state index in [2.05, 4.69) is 21.3 Å². The Morgan fingerprint density at radius 1 is 1.38 bits per heavy atom. The van der Waals surface area contributed by atoms with Gasteiger partial charge in [-0.3, -0.25) is 4.90 Å². The molecule has 3 heterocycles. The third kappa shape index (κ3) is 4.68. The summed E-state index contributed by atoms with van der Waals surface area (Å²) < 4.78 is 11.0. The van der Waals surface area contributed by atoms with E-state index in [0.29, 0.717) is 17.5 Å². The summed E-state index contributed by atoms with van der Waals surface area (Å²) in [6.45, 7) is 5.36. The molecule has 3 rings (SSSR count). The summed E-state index contributed by atoms with van der Waals surface area (Å²) in [4.78, 5) is 7.70. The van der Waals surface area contributed by atoms with Crippen molar-refractivity contribution in [2.24, 2.45) is 0 Å². The zero-order valence-corrected chi connectivity index (χ0v) is 14.2. The van der Waals surface area contributed by atoms with E-state index in [1.54, 1.807) is 17.4 Å². The normalized spacial score (nSPS) is 15.6. The molecule has 0 atom stereocenters. The summed E-state index contributed by atoms with van der Waals surface area (Å²) in [5.74, 6) is 0.890. The molecule has 1 saturated heterocycles. The zero-order valence-electron chi connectivity index (χ0n) is 13.4. The summed E-state index contributed by atoms with van der Waals surface area (Å²) in [7, 11) is 0. The molecule has 1 aliphatic rings. The molecule has 0 bridgehead atoms. The zero-order chi connectivity index (χ0) is 16.6. The van der Waals surface area contributed by atoms with Crippen LogP contribution in [0.15, 0.2) is 21.9 Å². The van der Waals surface area contributed by atoms with Crippen LogP contribution in [-0.4, -0.2) is 49.3 Å². The summed E-state index contributed by atoms with van der Waals surface area (Å²) >= 11 is 1.64. The number of oxazole rings is 1. The Bertz CT molecular complexity index is 697. The van der Waals surface area contributed by atoms with Gasteiger partial charge in [0.1, 0.15) is 6.07 Å². The number of nitrogens with zero attached hydrogens (tertiary/aromatic N) is 3. The highest BCUT2D eigenvalue weighted by Gasteiger charge is 2.12. The average molecular weight is 344 g/mol. The maximum atomic E-state index is 9.19. The third-order valence-electron chi connectivity index (χ3n) is 3.72. The van der Waals surface area contributed by atoms with E-state index in [1.807, 2.05) is 23.6 Å². The van der Waals surface area contributed by atoms with Gasteiger partial charge in [-0.05, 0) is 30.5 Å². The number of hydrogen-bond donors (Lipinski definition) is 1. The minimum absolute atomic E-state index is 0.298. The van der Waals surface area contributed by atoms with Gasteiger partial charge in [0, 0.05) is 30.6 Å². The fourth-order valence-corrected chi connectivity index (χ4v) is 3.09. The Morgan fingerprint density at radius 3 is 3.00 bits per heavy atom. The number of morpholine rings is 1. The minimum Gasteiger partial charge on any atom is -0.420 e. The molecule has 7 heteroatoms. The highest BCUT2D eigenvalue weighted by molar-refractivity contribution is 7.10. The second kappa shape index (κ2) is 8.64. The van der Waals surface area contributed by atoms with Crippen LogP contribution in [0.1, 0.15) is 22.9 Å². The lowest BCUT2D eigenvalue weighted by atomic mass is 10.3. The van der Waals surface area contributed by atoms with Crippen molar-refractivity contribution in [3.05, 3.63) is 34.0 Å². The van der Waals surface area contributed by atoms with Gasteiger partial charge in [0.15, 0.2) is 0 Å². The monoisotopic (exact) mass is 344 g/mol. The highest BCUT2D eigenvalue weighted by atomic mass is 32.1. The lowest BCUT2D eigenvalue weighted by Gasteiger charge is -2.26. The molecule has 2 aromatic heterocycles. The van der Waals surface area contributed by atoms with E-state index < -0.39 is 0 Å². The number of rotatable bonds is 7. The first-order valence-corrected chi connectivity index (χ1v) is 8.89. The lowest BCUT2D eigenvalue weighted by molar-refractivity contribution is 0.0378. The molecule has 0 aliphatic carbocycles. The van der Waals surface area contributed by atoms with Gasteiger partial charge in [0.05, 0.1) is 13.2 Å². The topological polar surface area (TPSA) is 74.3 Å². The molecule has 1 fully saturated rings. The summed E-state index contributed by atoms with van der Waals surface area (Å²) in [5.41, 5.74) is 0.298. The van der Waals surface area contributed by atoms with Gasteiger partial charge in [-0.25, -0.2) is 0 Å². The number of nitrogens with one attached hydrogen (secondary N) is 1. The fraction of sp³-hybridized carbons (Fsp3) is 0.412. The van der Waals surface area contributed by atoms with Crippen LogP contribution in [0.3, 0.4) is 0 Å². The Balaban J connectivity index is 1.50. The molecule has 0 saturated carbocycles. The van der Waals surface area contributed by atoms with Crippen molar-refractivity contribution >= 4 is 29.4 Å². The molecule has 0 amide bonds. The smallest absolute Gasteiger partial charge is 0.232 e. The van der Waals surface area contributed by atoms with Crippen LogP contribution in [0.4, 0.5) is 5.88 Å². The second-order valence-electron chi connectivity index (χ2n) is 5.42. The molecule has 2 aromatic rings. The van der Waals surface area contributed by atoms with Crippen molar-refractivity contribution in [1.29, 1.82) is 5.26 Å². The van der Waals surface area contributed by atoms with Gasteiger partial charge in [0.25, 0.3) is 0 Å². The largest absolute Gasteiger partial charge is 0.420 e. The number of hydrogen-bond acceptors (Lipinski definition) is 7. The number of aromatic nitrogens is 1. The molecule has 0 unspecified atom stereocenters. The van der Waals surface area contributed by atoms with Gasteiger partial charge >= 0.3 is 0 Å². The quantitative estimate of drug-likeness (QED) is 0.779. The van der Waals surface area contributed by atoms with E-state index in [9.17, 15) is 5.26 Å². The predicted octanol–water partition coefficient (Wildman–Crippen LogP) is 2.91. The van der Waals surface area contributed by atoms with Crippen molar-refractivity contribution < 1.29 is 9.15 Å². The molecule has 24 heavy (non-hydrogen) atoms. The third-order valence-corrected chi connectivity index (χ3v) is 4.56. The van der Waals surface area contributed by atoms with E-state index in [-0.39, 0.29) is 0 Å². The van der Waals surface area contributed by atoms with E-state index in [0.717, 1.165) is 50.7 Å². The maximum Gasteiger partial charge on any atom is 0.232 e. The number of nitriles is 1. The molecule has 0 radical (unpaired) electrons. The highest BCUT2D eigenvalue weighted by Crippen LogP contribution is 2.19. The summed E-state index contributed by atoms with van der Waals surface area (Å²) in [5, 5.41) is 14.4. The molecule has 0 aromatic carbocycles. The first-order chi connectivity index (χ1) is 11.8. The van der Waals surface area contributed by atoms with Crippen LogP contribution < -0.4 is 5.32 Å². The molecule has 0 spiro atoms. The molecule has 6 nitrogen and oxygen atoms in total. The second-order valence-corrected chi connectivity index (χ2v) is 6.40. The predicted molar refractivity (Wildman–Crippen MR) is 94.8 cm³/mol. The first-order valence-electron chi connectivity index (χ1n) is 8.01. The summed E-state index contributed by atoms with van der Waals surface area (Å²) in [6.07, 6.45) is 4.69. The molecule has 1 aliphatic heterocycles. The van der Waals surface area contributed by atoms with Crippen LogP contribution in [0.2, 0.25) is 0 Å². The van der Waals surface area contributed by atoms with Crippen LogP contribution in [0.25, 0.3) is 12.2 Å².